The van der Waals surface area contributed by atoms with E-state index in [0.29, 0.717) is 6.67 Å². The lowest BCUT2D eigenvalue weighted by Crippen LogP contribution is -2.22. The lowest BCUT2D eigenvalue weighted by molar-refractivity contribution is 0.0777. The Labute approximate surface area is 58.3 Å². The lowest BCUT2D eigenvalue weighted by Gasteiger charge is -1.80. The third-order valence-electron chi connectivity index (χ3n) is 0.795. The molecule has 0 radical (unpaired) electrons. The van der Waals surface area contributed by atoms with Crippen LogP contribution >= 0.6 is 0 Å². The molecule has 0 spiro atoms. The minimum Gasteiger partial charge on any atom is -0.310 e. The molecular weight excluding hydrogens is 134 g/mol. The van der Waals surface area contributed by atoms with Crippen molar-refractivity contribution in [3.05, 3.63) is 0 Å². The highest BCUT2D eigenvalue weighted by molar-refractivity contribution is 5.59. The van der Waals surface area contributed by atoms with E-state index in [1.165, 1.54) is 0 Å². The van der Waals surface area contributed by atoms with E-state index in [-0.39, 0.29) is 0 Å². The first-order chi connectivity index (χ1) is 5.00. The molecule has 2 rings (SSSR count). The second kappa shape index (κ2) is 4.71. The van der Waals surface area contributed by atoms with Crippen LogP contribution in [0, 0.1) is 0 Å². The molecular formula is C4H9N5O. The van der Waals surface area contributed by atoms with Gasteiger partial charge in [0.1, 0.15) is 6.67 Å². The number of aliphatic imine (C=N–C) groups is 1. The maximum absolute atomic E-state index is 4.26. The van der Waals surface area contributed by atoms with E-state index >= 15 is 0 Å². The number of hydrogen-bond donors (Lipinski definition) is 3. The van der Waals surface area contributed by atoms with Crippen molar-refractivity contribution < 1.29 is 4.94 Å². The number of oxime groups is 1. The van der Waals surface area contributed by atoms with Crippen molar-refractivity contribution in [3.63, 3.8) is 0 Å². The van der Waals surface area contributed by atoms with Crippen molar-refractivity contribution in [1.82, 2.24) is 16.3 Å². The summed E-state index contributed by atoms with van der Waals surface area (Å²) in [5.41, 5.74) is 7.93. The second-order valence-electron chi connectivity index (χ2n) is 1.52. The topological polar surface area (TPSA) is 70.0 Å². The van der Waals surface area contributed by atoms with E-state index < -0.39 is 0 Å². The number of nitrogens with one attached hydrogen (secondary N) is 3. The van der Waals surface area contributed by atoms with Gasteiger partial charge in [-0.15, -0.1) is 5.48 Å². The molecule has 2 aliphatic heterocycles. The fraction of sp³-hybridized carbons (Fsp3) is 0.500. The lowest BCUT2D eigenvalue weighted by atomic mass is 10.8. The van der Waals surface area contributed by atoms with Crippen LogP contribution in [0.4, 0.5) is 0 Å². The molecule has 2 aliphatic rings. The first-order valence-electron chi connectivity index (χ1n) is 2.87. The van der Waals surface area contributed by atoms with Crippen molar-refractivity contribution in [2.24, 2.45) is 10.1 Å². The summed E-state index contributed by atoms with van der Waals surface area (Å²) in [6.07, 6.45) is 3.28. The van der Waals surface area contributed by atoms with E-state index in [1.54, 1.807) is 12.6 Å². The van der Waals surface area contributed by atoms with Gasteiger partial charge in [0.05, 0.1) is 19.1 Å². The van der Waals surface area contributed by atoms with Crippen LogP contribution in [0.15, 0.2) is 10.1 Å². The molecule has 3 N–H and O–H groups in total. The molecule has 2 heterocycles. The van der Waals surface area contributed by atoms with Crippen LogP contribution in [0.1, 0.15) is 0 Å². The van der Waals surface area contributed by atoms with E-state index in [4.69, 9.17) is 0 Å². The predicted octanol–water partition coefficient (Wildman–Crippen LogP) is -1.41. The molecule has 0 unspecified atom stereocenters. The average molecular weight is 143 g/mol. The number of hydroxylamine groups is 1. The smallest absolute Gasteiger partial charge is 0.107 e. The second-order valence-corrected chi connectivity index (χ2v) is 1.52. The first kappa shape index (κ1) is 6.97. The highest BCUT2D eigenvalue weighted by Crippen LogP contribution is 1.70. The largest absolute Gasteiger partial charge is 0.310 e. The van der Waals surface area contributed by atoms with Crippen LogP contribution in [-0.4, -0.2) is 25.8 Å². The number of rotatable bonds is 0. The fourth-order valence-electron chi connectivity index (χ4n) is 0.415. The number of hydrogen-bond acceptors (Lipinski definition) is 6. The standard InChI is InChI=1S/C2H5N3.C2H4N2O/c1-3-2-5-4-1;1-2-4-5-3-1/h1,5H,2H2,(H,3,4);1,4H,2H2. The van der Waals surface area contributed by atoms with E-state index in [9.17, 15) is 0 Å². The van der Waals surface area contributed by atoms with E-state index in [1.807, 2.05) is 0 Å². The van der Waals surface area contributed by atoms with Crippen LogP contribution in [0.25, 0.3) is 0 Å². The fourth-order valence-corrected chi connectivity index (χ4v) is 0.415. The Kier molecular flexibility index (Phi) is 3.29. The Morgan fingerprint density at radius 2 is 2.50 bits per heavy atom. The van der Waals surface area contributed by atoms with Crippen molar-refractivity contribution in [3.8, 4) is 0 Å². The van der Waals surface area contributed by atoms with Crippen LogP contribution in [0.5, 0.6) is 0 Å². The molecule has 0 saturated carbocycles. The molecule has 0 amide bonds. The highest BCUT2D eigenvalue weighted by Gasteiger charge is 1.83. The molecule has 6 heteroatoms. The van der Waals surface area contributed by atoms with Crippen LogP contribution < -0.4 is 16.3 Å². The van der Waals surface area contributed by atoms with Crippen LogP contribution in [-0.2, 0) is 4.94 Å². The summed E-state index contributed by atoms with van der Waals surface area (Å²) in [6.45, 7) is 1.44. The zero-order valence-electron chi connectivity index (χ0n) is 5.37. The molecule has 0 aromatic rings. The molecule has 0 aromatic carbocycles. The molecule has 0 saturated heterocycles. The zero-order chi connectivity index (χ0) is 7.07. The Bertz CT molecular complexity index is 106. The minimum absolute atomic E-state index is 0.708. The van der Waals surface area contributed by atoms with Crippen LogP contribution in [0.2, 0.25) is 0 Å². The van der Waals surface area contributed by atoms with Crippen molar-refractivity contribution in [1.29, 1.82) is 0 Å². The summed E-state index contributed by atoms with van der Waals surface area (Å²) < 4.78 is 0. The van der Waals surface area contributed by atoms with Gasteiger partial charge < -0.3 is 5.43 Å². The van der Waals surface area contributed by atoms with Crippen molar-refractivity contribution >= 4 is 12.6 Å². The van der Waals surface area contributed by atoms with Gasteiger partial charge in [0.15, 0.2) is 0 Å². The quantitative estimate of drug-likeness (QED) is 0.389. The number of hydrazine groups is 1. The maximum Gasteiger partial charge on any atom is 0.107 e. The van der Waals surface area contributed by atoms with Gasteiger partial charge in [-0.2, -0.15) is 0 Å². The van der Waals surface area contributed by atoms with E-state index in [0.717, 1.165) is 6.54 Å². The van der Waals surface area contributed by atoms with Crippen molar-refractivity contribution in [2.45, 2.75) is 0 Å². The van der Waals surface area contributed by atoms with Crippen LogP contribution in [0.3, 0.4) is 0 Å². The van der Waals surface area contributed by atoms with Gasteiger partial charge in [-0.1, -0.05) is 5.16 Å². The Morgan fingerprint density at radius 3 is 2.70 bits per heavy atom. The van der Waals surface area contributed by atoms with Gasteiger partial charge >= 0.3 is 0 Å². The van der Waals surface area contributed by atoms with Gasteiger partial charge in [0.25, 0.3) is 0 Å². The molecule has 0 fully saturated rings. The molecule has 0 bridgehead atoms. The third kappa shape index (κ3) is 3.00. The SMILES string of the molecule is C1=NCNN1.C1=NONC1. The molecule has 0 aromatic heterocycles. The summed E-state index contributed by atoms with van der Waals surface area (Å²) in [4.78, 5) is 8.00. The summed E-state index contributed by atoms with van der Waals surface area (Å²) in [6, 6.07) is 0. The van der Waals surface area contributed by atoms with Gasteiger partial charge in [-0.3, -0.25) is 9.93 Å². The summed E-state index contributed by atoms with van der Waals surface area (Å²) in [5, 5.41) is 3.35. The predicted molar refractivity (Wildman–Crippen MR) is 37.2 cm³/mol. The monoisotopic (exact) mass is 143 g/mol. The van der Waals surface area contributed by atoms with E-state index in [2.05, 4.69) is 31.4 Å². The average Bonchev–Trinajstić information content (AvgIpc) is 2.67. The van der Waals surface area contributed by atoms with Gasteiger partial charge in [0.2, 0.25) is 0 Å². The molecule has 56 valence electrons. The van der Waals surface area contributed by atoms with Gasteiger partial charge in [0, 0.05) is 0 Å². The van der Waals surface area contributed by atoms with Gasteiger partial charge in [-0.05, 0) is 0 Å². The Balaban J connectivity index is 0.0000001000. The molecule has 10 heavy (non-hydrogen) atoms. The minimum atomic E-state index is 0.708. The molecule has 6 nitrogen and oxygen atoms in total. The summed E-state index contributed by atoms with van der Waals surface area (Å²) in [5.74, 6) is 0. The first-order valence-corrected chi connectivity index (χ1v) is 2.87. The summed E-state index contributed by atoms with van der Waals surface area (Å²) in [7, 11) is 0. The molecule has 0 atom stereocenters. The normalized spacial score (nSPS) is 19.2. The third-order valence-corrected chi connectivity index (χ3v) is 0.795. The zero-order valence-corrected chi connectivity index (χ0v) is 5.37. The summed E-state index contributed by atoms with van der Waals surface area (Å²) >= 11 is 0. The number of nitrogens with zero attached hydrogens (tertiary/aromatic N) is 2. The Hall–Kier alpha value is -1.14. The highest BCUT2D eigenvalue weighted by atomic mass is 16.8. The Morgan fingerprint density at radius 1 is 1.50 bits per heavy atom. The van der Waals surface area contributed by atoms with Gasteiger partial charge in [-0.25, -0.2) is 5.43 Å². The molecule has 0 aliphatic carbocycles. The van der Waals surface area contributed by atoms with Crippen molar-refractivity contribution in [2.75, 3.05) is 13.2 Å². The maximum atomic E-state index is 4.26.